The summed E-state index contributed by atoms with van der Waals surface area (Å²) in [5, 5.41) is 9.72. The van der Waals surface area contributed by atoms with Crippen molar-refractivity contribution in [1.82, 2.24) is 26.2 Å². The molecule has 13 nitrogen and oxygen atoms in total. The maximum absolute atomic E-state index is 14.2. The molecule has 4 N–H and O–H groups in total. The third kappa shape index (κ3) is 9.17. The molecule has 1 saturated carbocycles. The molecular formula is C32H50F3N5O8. The number of nitrogens with zero attached hydrogens (tertiary/aromatic N) is 1. The maximum Gasteiger partial charge on any atom is 0.389 e. The number of ether oxygens (including phenoxy) is 2. The van der Waals surface area contributed by atoms with E-state index in [1.54, 1.807) is 41.5 Å². The fourth-order valence-corrected chi connectivity index (χ4v) is 6.51. The molecule has 16 heteroatoms. The first kappa shape index (κ1) is 39.0. The quantitative estimate of drug-likeness (QED) is 0.189. The van der Waals surface area contributed by atoms with Gasteiger partial charge in [-0.25, -0.2) is 9.59 Å². The Labute approximate surface area is 279 Å². The molecule has 0 radical (unpaired) electrons. The smallest absolute Gasteiger partial charge is 0.389 e. The van der Waals surface area contributed by atoms with Crippen molar-refractivity contribution in [3.8, 4) is 0 Å². The van der Waals surface area contributed by atoms with Crippen LogP contribution < -0.4 is 21.3 Å². The lowest BCUT2D eigenvalue weighted by atomic mass is 9.85. The Hall–Kier alpha value is -3.43. The van der Waals surface area contributed by atoms with Crippen molar-refractivity contribution in [2.24, 2.45) is 28.1 Å². The van der Waals surface area contributed by atoms with E-state index in [9.17, 15) is 41.9 Å². The highest BCUT2D eigenvalue weighted by molar-refractivity contribution is 6.38. The number of amides is 5. The van der Waals surface area contributed by atoms with Crippen LogP contribution in [0.4, 0.5) is 18.0 Å². The van der Waals surface area contributed by atoms with Crippen LogP contribution in [0, 0.1) is 28.1 Å². The molecule has 2 heterocycles. The minimum Gasteiger partial charge on any atom is -0.458 e. The number of halogens is 3. The summed E-state index contributed by atoms with van der Waals surface area (Å²) in [5.41, 5.74) is -2.06. The number of carbonyl (C=O) groups excluding carboxylic acids is 6. The van der Waals surface area contributed by atoms with Crippen LogP contribution in [-0.4, -0.2) is 104 Å². The molecule has 5 amide bonds. The van der Waals surface area contributed by atoms with Crippen LogP contribution in [-0.2, 0) is 33.4 Å². The van der Waals surface area contributed by atoms with E-state index in [0.29, 0.717) is 13.0 Å². The normalized spacial score (nSPS) is 25.2. The first-order valence-corrected chi connectivity index (χ1v) is 16.2. The van der Waals surface area contributed by atoms with Crippen molar-refractivity contribution in [3.05, 3.63) is 0 Å². The Morgan fingerprint density at radius 1 is 0.938 bits per heavy atom. The second-order valence-corrected chi connectivity index (χ2v) is 15.7. The second kappa shape index (κ2) is 14.2. The molecule has 7 atom stereocenters. The number of alkyl halides is 3. The third-order valence-corrected chi connectivity index (χ3v) is 9.50. The molecule has 0 aromatic carbocycles. The van der Waals surface area contributed by atoms with Crippen molar-refractivity contribution in [3.63, 3.8) is 0 Å². The molecule has 2 saturated heterocycles. The highest BCUT2D eigenvalue weighted by atomic mass is 19.4. The topological polar surface area (TPSA) is 172 Å². The number of Topliss-reactive ketones (excluding diaryl/α,β-unsaturated/α-hetero) is 1. The molecule has 2 unspecified atom stereocenters. The largest absolute Gasteiger partial charge is 0.458 e. The second-order valence-electron chi connectivity index (χ2n) is 15.7. The number of piperidine rings is 1. The van der Waals surface area contributed by atoms with E-state index >= 15 is 0 Å². The van der Waals surface area contributed by atoms with E-state index in [1.807, 2.05) is 13.8 Å². The molecule has 0 aromatic rings. The number of likely N-dealkylation sites (tertiary alicyclic amines) is 1. The zero-order chi connectivity index (χ0) is 36.6. The predicted molar refractivity (Wildman–Crippen MR) is 166 cm³/mol. The first-order chi connectivity index (χ1) is 21.9. The summed E-state index contributed by atoms with van der Waals surface area (Å²) < 4.78 is 50.0. The molecule has 3 rings (SSSR count). The Morgan fingerprint density at radius 2 is 1.52 bits per heavy atom. The minimum absolute atomic E-state index is 0.126. The van der Waals surface area contributed by atoms with Gasteiger partial charge in [0.15, 0.2) is 0 Å². The van der Waals surface area contributed by atoms with Crippen molar-refractivity contribution in [2.75, 3.05) is 26.8 Å². The van der Waals surface area contributed by atoms with Gasteiger partial charge in [0.05, 0.1) is 19.3 Å². The van der Waals surface area contributed by atoms with Gasteiger partial charge in [0.25, 0.3) is 5.91 Å². The van der Waals surface area contributed by atoms with Gasteiger partial charge in [-0.2, -0.15) is 13.2 Å². The van der Waals surface area contributed by atoms with Crippen molar-refractivity contribution in [2.45, 2.75) is 111 Å². The number of hydrogen-bond acceptors (Lipinski definition) is 8. The van der Waals surface area contributed by atoms with E-state index in [-0.39, 0.29) is 25.0 Å². The molecule has 1 aliphatic carbocycles. The van der Waals surface area contributed by atoms with Gasteiger partial charge in [-0.15, -0.1) is 0 Å². The van der Waals surface area contributed by atoms with Gasteiger partial charge in [-0.05, 0) is 34.5 Å². The number of carbonyl (C=O) groups is 6. The number of ketones is 1. The molecule has 0 aromatic heterocycles. The average molecular weight is 690 g/mol. The molecule has 272 valence electrons. The van der Waals surface area contributed by atoms with E-state index in [4.69, 9.17) is 9.47 Å². The van der Waals surface area contributed by atoms with E-state index in [2.05, 4.69) is 21.3 Å². The number of likely N-dealkylation sites (N-methyl/N-ethyl adjacent to an activating group) is 1. The number of hydrogen-bond donors (Lipinski definition) is 4. The summed E-state index contributed by atoms with van der Waals surface area (Å²) in [4.78, 5) is 80.5. The number of fused-ring (bicyclic) bond motifs is 1. The van der Waals surface area contributed by atoms with Gasteiger partial charge in [-0.1, -0.05) is 55.4 Å². The molecule has 0 bridgehead atoms. The van der Waals surface area contributed by atoms with Crippen LogP contribution in [0.3, 0.4) is 0 Å². The Kier molecular flexibility index (Phi) is 11.5. The van der Waals surface area contributed by atoms with Gasteiger partial charge in [-0.3, -0.25) is 19.2 Å². The molecule has 3 aliphatic rings. The highest BCUT2D eigenvalue weighted by Gasteiger charge is 2.70. The van der Waals surface area contributed by atoms with Crippen LogP contribution in [0.15, 0.2) is 0 Å². The van der Waals surface area contributed by atoms with E-state index < -0.39 is 101 Å². The van der Waals surface area contributed by atoms with Gasteiger partial charge < -0.3 is 35.6 Å². The van der Waals surface area contributed by atoms with Gasteiger partial charge >= 0.3 is 18.2 Å². The lowest BCUT2D eigenvalue weighted by Gasteiger charge is -2.38. The summed E-state index contributed by atoms with van der Waals surface area (Å²) in [5.74, 6) is -5.06. The summed E-state index contributed by atoms with van der Waals surface area (Å²) in [6.07, 6.45) is -6.84. The Balaban J connectivity index is 1.83. The predicted octanol–water partition coefficient (Wildman–Crippen LogP) is 2.07. The third-order valence-electron chi connectivity index (χ3n) is 9.50. The van der Waals surface area contributed by atoms with Crippen molar-refractivity contribution < 1.29 is 51.4 Å². The summed E-state index contributed by atoms with van der Waals surface area (Å²) in [6.45, 7) is 15.0. The van der Waals surface area contributed by atoms with Gasteiger partial charge in [0.1, 0.15) is 24.2 Å². The number of rotatable bonds is 11. The lowest BCUT2D eigenvalue weighted by Crippen LogP contribution is -2.62. The minimum atomic E-state index is -4.65. The number of esters is 1. The van der Waals surface area contributed by atoms with Gasteiger partial charge in [0, 0.05) is 26.4 Å². The summed E-state index contributed by atoms with van der Waals surface area (Å²) >= 11 is 0. The van der Waals surface area contributed by atoms with Crippen LogP contribution >= 0.6 is 0 Å². The standard InChI is InChI=1S/C32H50F3N5O8/c1-29(2,3)22(38-28(46)39-23(30(4,5)6)27(45)48-16-11-13-47-15-16)26(44)40-14-17-19(31(17,7)8)20(40)24(42)37-18(10-12-32(33,34)35)21(41)25(43)36-9/h16-20,22-23H,10-15H2,1-9H3,(H,36,43)(H,37,42)(H2,38,39,46)/t16?,17-,18?,19-,20-,22+,23+/m0/s1. The van der Waals surface area contributed by atoms with E-state index in [0.717, 1.165) is 7.05 Å². The zero-order valence-corrected chi connectivity index (χ0v) is 29.1. The Morgan fingerprint density at radius 3 is 2.02 bits per heavy atom. The zero-order valence-electron chi connectivity index (χ0n) is 29.1. The van der Waals surface area contributed by atoms with Crippen LogP contribution in [0.2, 0.25) is 0 Å². The molecular weight excluding hydrogens is 639 g/mol. The summed E-state index contributed by atoms with van der Waals surface area (Å²) in [6, 6.07) is -6.06. The highest BCUT2D eigenvalue weighted by Crippen LogP contribution is 2.65. The van der Waals surface area contributed by atoms with E-state index in [1.165, 1.54) is 4.90 Å². The maximum atomic E-state index is 14.2. The monoisotopic (exact) mass is 689 g/mol. The molecule has 2 aliphatic heterocycles. The molecule has 3 fully saturated rings. The van der Waals surface area contributed by atoms with Crippen molar-refractivity contribution in [1.29, 1.82) is 0 Å². The average Bonchev–Trinajstić information content (AvgIpc) is 3.38. The number of nitrogens with one attached hydrogen (secondary N) is 4. The Bertz CT molecular complexity index is 1270. The van der Waals surface area contributed by atoms with Crippen molar-refractivity contribution >= 4 is 35.5 Å². The first-order valence-electron chi connectivity index (χ1n) is 16.2. The van der Waals surface area contributed by atoms with Crippen LogP contribution in [0.25, 0.3) is 0 Å². The SMILES string of the molecule is CNC(=O)C(=O)C(CCC(F)(F)F)NC(=O)[C@@H]1[C@@H]2[C@H](CN1C(=O)[C@@H](NC(=O)N[C@H](C(=O)OC1CCOC1)C(C)(C)C)C(C)(C)C)C2(C)C. The fourth-order valence-electron chi connectivity index (χ4n) is 6.51. The number of urea groups is 1. The summed E-state index contributed by atoms with van der Waals surface area (Å²) in [7, 11) is 1.14. The van der Waals surface area contributed by atoms with Crippen LogP contribution in [0.1, 0.15) is 74.7 Å². The fraction of sp³-hybridized carbons (Fsp3) is 0.812. The molecule has 0 spiro atoms. The van der Waals surface area contributed by atoms with Crippen LogP contribution in [0.5, 0.6) is 0 Å². The lowest BCUT2D eigenvalue weighted by molar-refractivity contribution is -0.154. The van der Waals surface area contributed by atoms with Gasteiger partial charge in [0.2, 0.25) is 17.6 Å². The molecule has 48 heavy (non-hydrogen) atoms.